The van der Waals surface area contributed by atoms with Crippen molar-refractivity contribution in [3.63, 3.8) is 0 Å². The Morgan fingerprint density at radius 3 is 2.72 bits per heavy atom. The van der Waals surface area contributed by atoms with E-state index in [0.29, 0.717) is 11.8 Å². The molecular formula is C19H24N4O2. The Bertz CT molecular complexity index is 770. The van der Waals surface area contributed by atoms with Crippen LogP contribution in [0.5, 0.6) is 5.88 Å². The lowest BCUT2D eigenvalue weighted by atomic mass is 10.1. The smallest absolute Gasteiger partial charge is 0.262 e. The number of aryl methyl sites for hydroxylation is 2. The molecular weight excluding hydrogens is 316 g/mol. The molecule has 1 amide bonds. The van der Waals surface area contributed by atoms with Crippen LogP contribution in [0.15, 0.2) is 24.3 Å². The maximum Gasteiger partial charge on any atom is 0.262 e. The predicted molar refractivity (Wildman–Crippen MR) is 98.3 cm³/mol. The number of nitrogens with one attached hydrogen (secondary N) is 1. The second-order valence-corrected chi connectivity index (χ2v) is 6.43. The van der Waals surface area contributed by atoms with Crippen molar-refractivity contribution in [1.82, 2.24) is 9.97 Å². The highest BCUT2D eigenvalue weighted by Gasteiger charge is 2.16. The third-order valence-electron chi connectivity index (χ3n) is 4.44. The van der Waals surface area contributed by atoms with Gasteiger partial charge in [-0.15, -0.1) is 0 Å². The lowest BCUT2D eigenvalue weighted by molar-refractivity contribution is -0.118. The van der Waals surface area contributed by atoms with Crippen LogP contribution in [-0.4, -0.2) is 35.6 Å². The summed E-state index contributed by atoms with van der Waals surface area (Å²) >= 11 is 0. The van der Waals surface area contributed by atoms with Crippen molar-refractivity contribution >= 4 is 17.5 Å². The van der Waals surface area contributed by atoms with Crippen molar-refractivity contribution in [2.45, 2.75) is 33.6 Å². The fourth-order valence-electron chi connectivity index (χ4n) is 2.87. The number of carbonyl (C=O) groups excluding carboxylic acids is 1. The van der Waals surface area contributed by atoms with Gasteiger partial charge in [-0.3, -0.25) is 4.79 Å². The van der Waals surface area contributed by atoms with Crippen molar-refractivity contribution < 1.29 is 9.53 Å². The molecule has 0 unspecified atom stereocenters. The number of benzene rings is 1. The van der Waals surface area contributed by atoms with Crippen molar-refractivity contribution in [2.75, 3.05) is 29.9 Å². The molecule has 25 heavy (non-hydrogen) atoms. The number of amides is 1. The summed E-state index contributed by atoms with van der Waals surface area (Å²) in [5, 5.41) is 2.89. The molecule has 1 fully saturated rings. The van der Waals surface area contributed by atoms with Crippen LogP contribution in [0.2, 0.25) is 0 Å². The van der Waals surface area contributed by atoms with E-state index < -0.39 is 0 Å². The Morgan fingerprint density at radius 1 is 1.20 bits per heavy atom. The van der Waals surface area contributed by atoms with Crippen LogP contribution in [0.4, 0.5) is 11.6 Å². The highest BCUT2D eigenvalue weighted by Crippen LogP contribution is 2.20. The van der Waals surface area contributed by atoms with Gasteiger partial charge in [0.25, 0.3) is 5.91 Å². The number of hydrogen-bond donors (Lipinski definition) is 1. The number of rotatable bonds is 5. The molecule has 1 N–H and O–H groups in total. The molecule has 0 aliphatic carbocycles. The molecule has 0 spiro atoms. The quantitative estimate of drug-likeness (QED) is 0.906. The summed E-state index contributed by atoms with van der Waals surface area (Å²) in [7, 11) is 0. The first-order valence-electron chi connectivity index (χ1n) is 8.62. The molecule has 6 heteroatoms. The van der Waals surface area contributed by atoms with Gasteiger partial charge < -0.3 is 15.0 Å². The van der Waals surface area contributed by atoms with E-state index in [0.717, 1.165) is 48.4 Å². The van der Waals surface area contributed by atoms with Crippen LogP contribution in [0, 0.1) is 20.8 Å². The van der Waals surface area contributed by atoms with Gasteiger partial charge >= 0.3 is 0 Å². The zero-order valence-electron chi connectivity index (χ0n) is 15.0. The van der Waals surface area contributed by atoms with Crippen LogP contribution in [-0.2, 0) is 4.79 Å². The Kier molecular flexibility index (Phi) is 5.16. The van der Waals surface area contributed by atoms with Gasteiger partial charge in [-0.2, -0.15) is 4.98 Å². The van der Waals surface area contributed by atoms with Gasteiger partial charge in [0.15, 0.2) is 6.61 Å². The number of hydrogen-bond acceptors (Lipinski definition) is 5. The second kappa shape index (κ2) is 7.51. The van der Waals surface area contributed by atoms with E-state index in [9.17, 15) is 4.79 Å². The van der Waals surface area contributed by atoms with Gasteiger partial charge in [0.2, 0.25) is 11.8 Å². The van der Waals surface area contributed by atoms with Crippen LogP contribution in [0.1, 0.15) is 29.7 Å². The topological polar surface area (TPSA) is 67.3 Å². The normalized spacial score (nSPS) is 13.8. The SMILES string of the molecule is Cc1cc(OCC(=O)Nc2cccc(C)c2C)nc(N2CCCC2)n1. The first-order valence-corrected chi connectivity index (χ1v) is 8.62. The summed E-state index contributed by atoms with van der Waals surface area (Å²) in [6, 6.07) is 7.59. The first-order chi connectivity index (χ1) is 12.0. The summed E-state index contributed by atoms with van der Waals surface area (Å²) in [6.07, 6.45) is 2.32. The van der Waals surface area contributed by atoms with E-state index in [1.807, 2.05) is 39.0 Å². The summed E-state index contributed by atoms with van der Waals surface area (Å²) in [5.41, 5.74) is 3.84. The summed E-state index contributed by atoms with van der Waals surface area (Å²) < 4.78 is 5.60. The first kappa shape index (κ1) is 17.2. The molecule has 1 aromatic carbocycles. The molecule has 132 valence electrons. The number of ether oxygens (including phenoxy) is 1. The van der Waals surface area contributed by atoms with Gasteiger partial charge in [-0.1, -0.05) is 12.1 Å². The van der Waals surface area contributed by atoms with E-state index in [1.165, 1.54) is 0 Å². The zero-order chi connectivity index (χ0) is 17.8. The maximum absolute atomic E-state index is 12.2. The van der Waals surface area contributed by atoms with Crippen LogP contribution >= 0.6 is 0 Å². The second-order valence-electron chi connectivity index (χ2n) is 6.43. The lowest BCUT2D eigenvalue weighted by Crippen LogP contribution is -2.23. The molecule has 0 saturated carbocycles. The minimum atomic E-state index is -0.201. The zero-order valence-corrected chi connectivity index (χ0v) is 15.0. The van der Waals surface area contributed by atoms with E-state index in [1.54, 1.807) is 6.07 Å². The van der Waals surface area contributed by atoms with Gasteiger partial charge in [0, 0.05) is 30.5 Å². The fraction of sp³-hybridized carbons (Fsp3) is 0.421. The Labute approximate surface area is 148 Å². The Hall–Kier alpha value is -2.63. The predicted octanol–water partition coefficient (Wildman–Crippen LogP) is 3.02. The van der Waals surface area contributed by atoms with E-state index in [2.05, 4.69) is 20.2 Å². The maximum atomic E-state index is 12.2. The molecule has 0 radical (unpaired) electrons. The standard InChI is InChI=1S/C19H24N4O2/c1-13-7-6-8-16(15(13)3)21-17(24)12-25-18-11-14(2)20-19(22-18)23-9-4-5-10-23/h6-8,11H,4-5,9-10,12H2,1-3H3,(H,21,24). The Balaban J connectivity index is 1.63. The largest absolute Gasteiger partial charge is 0.467 e. The third-order valence-corrected chi connectivity index (χ3v) is 4.44. The van der Waals surface area contributed by atoms with Crippen LogP contribution < -0.4 is 15.0 Å². The van der Waals surface area contributed by atoms with Crippen molar-refractivity contribution in [3.8, 4) is 5.88 Å². The number of carbonyl (C=O) groups is 1. The average molecular weight is 340 g/mol. The molecule has 0 atom stereocenters. The minimum Gasteiger partial charge on any atom is -0.467 e. The molecule has 2 heterocycles. The summed E-state index contributed by atoms with van der Waals surface area (Å²) in [4.78, 5) is 23.2. The van der Waals surface area contributed by atoms with Gasteiger partial charge in [-0.25, -0.2) is 4.98 Å². The van der Waals surface area contributed by atoms with Gasteiger partial charge in [0.05, 0.1) is 0 Å². The monoisotopic (exact) mass is 340 g/mol. The average Bonchev–Trinajstić information content (AvgIpc) is 3.11. The van der Waals surface area contributed by atoms with Crippen molar-refractivity contribution in [1.29, 1.82) is 0 Å². The van der Waals surface area contributed by atoms with Gasteiger partial charge in [0.1, 0.15) is 0 Å². The van der Waals surface area contributed by atoms with Crippen molar-refractivity contribution in [3.05, 3.63) is 41.1 Å². The molecule has 0 bridgehead atoms. The fourth-order valence-corrected chi connectivity index (χ4v) is 2.87. The molecule has 1 saturated heterocycles. The van der Waals surface area contributed by atoms with E-state index in [-0.39, 0.29) is 12.5 Å². The van der Waals surface area contributed by atoms with E-state index >= 15 is 0 Å². The molecule has 2 aromatic rings. The van der Waals surface area contributed by atoms with E-state index in [4.69, 9.17) is 4.74 Å². The lowest BCUT2D eigenvalue weighted by Gasteiger charge is -2.16. The minimum absolute atomic E-state index is 0.0801. The summed E-state index contributed by atoms with van der Waals surface area (Å²) in [5.74, 6) is 0.917. The third kappa shape index (κ3) is 4.26. The van der Waals surface area contributed by atoms with Crippen LogP contribution in [0.25, 0.3) is 0 Å². The molecule has 6 nitrogen and oxygen atoms in total. The van der Waals surface area contributed by atoms with Crippen LogP contribution in [0.3, 0.4) is 0 Å². The molecule has 1 aromatic heterocycles. The molecule has 3 rings (SSSR count). The number of nitrogens with zero attached hydrogens (tertiary/aromatic N) is 3. The molecule has 1 aliphatic rings. The molecule has 1 aliphatic heterocycles. The van der Waals surface area contributed by atoms with Crippen molar-refractivity contribution in [2.24, 2.45) is 0 Å². The Morgan fingerprint density at radius 2 is 1.96 bits per heavy atom. The highest BCUT2D eigenvalue weighted by atomic mass is 16.5. The number of aromatic nitrogens is 2. The summed E-state index contributed by atoms with van der Waals surface area (Å²) in [6.45, 7) is 7.77. The number of anilines is 2. The highest BCUT2D eigenvalue weighted by molar-refractivity contribution is 5.92. The van der Waals surface area contributed by atoms with Gasteiger partial charge in [-0.05, 0) is 50.8 Å².